The summed E-state index contributed by atoms with van der Waals surface area (Å²) >= 11 is 1.36. The highest BCUT2D eigenvalue weighted by molar-refractivity contribution is 7.99. The number of amides is 2. The zero-order valence-corrected chi connectivity index (χ0v) is 20.6. The van der Waals surface area contributed by atoms with Crippen molar-refractivity contribution in [2.24, 2.45) is 0 Å². The van der Waals surface area contributed by atoms with E-state index in [1.807, 2.05) is 48.5 Å². The van der Waals surface area contributed by atoms with E-state index in [2.05, 4.69) is 37.5 Å². The molecule has 8 heteroatoms. The van der Waals surface area contributed by atoms with E-state index in [1.165, 1.54) is 17.3 Å². The number of thioether (sulfide) groups is 1. The van der Waals surface area contributed by atoms with Gasteiger partial charge < -0.3 is 15.2 Å². The molecular formula is C28H27N5O2S. The van der Waals surface area contributed by atoms with Crippen LogP contribution in [-0.2, 0) is 17.9 Å². The number of benzene rings is 3. The lowest BCUT2D eigenvalue weighted by molar-refractivity contribution is -0.113. The first-order chi connectivity index (χ1) is 17.7. The Morgan fingerprint density at radius 1 is 0.861 bits per heavy atom. The molecule has 182 valence electrons. The summed E-state index contributed by atoms with van der Waals surface area (Å²) in [4.78, 5) is 25.6. The first-order valence-corrected chi connectivity index (χ1v) is 13.0. The summed E-state index contributed by atoms with van der Waals surface area (Å²) in [5.74, 6) is 1.16. The zero-order valence-electron chi connectivity index (χ0n) is 19.8. The molecule has 1 aromatic heterocycles. The minimum atomic E-state index is -0.237. The Kier molecular flexibility index (Phi) is 7.42. The van der Waals surface area contributed by atoms with Crippen molar-refractivity contribution < 1.29 is 9.59 Å². The van der Waals surface area contributed by atoms with Crippen molar-refractivity contribution in [3.63, 3.8) is 0 Å². The van der Waals surface area contributed by atoms with Gasteiger partial charge in [-0.25, -0.2) is 0 Å². The quantitative estimate of drug-likeness (QED) is 0.305. The van der Waals surface area contributed by atoms with Gasteiger partial charge in [0, 0.05) is 12.5 Å². The maximum atomic E-state index is 12.8. The van der Waals surface area contributed by atoms with Gasteiger partial charge >= 0.3 is 0 Å². The maximum Gasteiger partial charge on any atom is 0.253 e. The van der Waals surface area contributed by atoms with Gasteiger partial charge in [0.1, 0.15) is 5.82 Å². The first-order valence-electron chi connectivity index (χ1n) is 12.0. The third kappa shape index (κ3) is 6.01. The van der Waals surface area contributed by atoms with Crippen molar-refractivity contribution in [3.8, 4) is 0 Å². The molecule has 2 N–H and O–H groups in total. The SMILES string of the molecule is O=C(CSc1nnc(C2CC2)n1Cc1ccccc1)Nc1ccccc1C(=O)NCc1ccccc1. The monoisotopic (exact) mass is 497 g/mol. The lowest BCUT2D eigenvalue weighted by Crippen LogP contribution is -2.25. The van der Waals surface area contributed by atoms with Crippen molar-refractivity contribution in [2.45, 2.75) is 37.0 Å². The van der Waals surface area contributed by atoms with Crippen LogP contribution in [0, 0.1) is 0 Å². The Hall–Kier alpha value is -3.91. The second-order valence-corrected chi connectivity index (χ2v) is 9.68. The molecule has 0 saturated heterocycles. The molecule has 0 aliphatic heterocycles. The molecule has 0 unspecified atom stereocenters. The third-order valence-corrected chi connectivity index (χ3v) is 6.91. The van der Waals surface area contributed by atoms with Gasteiger partial charge in [-0.05, 0) is 36.1 Å². The number of rotatable bonds is 10. The highest BCUT2D eigenvalue weighted by Gasteiger charge is 2.30. The van der Waals surface area contributed by atoms with Crippen molar-refractivity contribution in [1.82, 2.24) is 20.1 Å². The zero-order chi connectivity index (χ0) is 24.7. The largest absolute Gasteiger partial charge is 0.348 e. The van der Waals surface area contributed by atoms with Crippen LogP contribution in [0.15, 0.2) is 90.1 Å². The van der Waals surface area contributed by atoms with Crippen molar-refractivity contribution >= 4 is 29.3 Å². The number of aromatic nitrogens is 3. The number of hydrogen-bond donors (Lipinski definition) is 2. The van der Waals surface area contributed by atoms with Crippen LogP contribution >= 0.6 is 11.8 Å². The number of hydrogen-bond acceptors (Lipinski definition) is 5. The summed E-state index contributed by atoms with van der Waals surface area (Å²) in [6, 6.07) is 26.9. The lowest BCUT2D eigenvalue weighted by atomic mass is 10.1. The molecule has 1 aliphatic rings. The fraction of sp³-hybridized carbons (Fsp3) is 0.214. The van der Waals surface area contributed by atoms with Crippen LogP contribution in [0.4, 0.5) is 5.69 Å². The Balaban J connectivity index is 1.22. The second-order valence-electron chi connectivity index (χ2n) is 8.74. The number of carbonyl (C=O) groups is 2. The molecule has 0 atom stereocenters. The van der Waals surface area contributed by atoms with Gasteiger partial charge in [0.2, 0.25) is 5.91 Å². The Labute approximate surface area is 214 Å². The number of carbonyl (C=O) groups excluding carboxylic acids is 2. The molecule has 5 rings (SSSR count). The molecule has 1 fully saturated rings. The van der Waals surface area contributed by atoms with Crippen molar-refractivity contribution in [3.05, 3.63) is 107 Å². The molecule has 7 nitrogen and oxygen atoms in total. The van der Waals surface area contributed by atoms with E-state index in [9.17, 15) is 9.59 Å². The van der Waals surface area contributed by atoms with Crippen LogP contribution in [0.1, 0.15) is 46.1 Å². The normalized spacial score (nSPS) is 12.8. The molecule has 0 radical (unpaired) electrons. The van der Waals surface area contributed by atoms with E-state index in [0.29, 0.717) is 30.3 Å². The van der Waals surface area contributed by atoms with Gasteiger partial charge in [0.05, 0.1) is 23.5 Å². The minimum absolute atomic E-state index is 0.164. The summed E-state index contributed by atoms with van der Waals surface area (Å²) in [5, 5.41) is 15.3. The Morgan fingerprint density at radius 3 is 2.25 bits per heavy atom. The van der Waals surface area contributed by atoms with Crippen LogP contribution < -0.4 is 10.6 Å². The smallest absolute Gasteiger partial charge is 0.253 e. The molecule has 3 aromatic carbocycles. The topological polar surface area (TPSA) is 88.9 Å². The average molecular weight is 498 g/mol. The van der Waals surface area contributed by atoms with Crippen molar-refractivity contribution in [2.75, 3.05) is 11.1 Å². The van der Waals surface area contributed by atoms with Crippen LogP contribution in [0.3, 0.4) is 0 Å². The van der Waals surface area contributed by atoms with E-state index in [-0.39, 0.29) is 17.6 Å². The fourth-order valence-corrected chi connectivity index (χ4v) is 4.69. The molecule has 0 bridgehead atoms. The van der Waals surface area contributed by atoms with Gasteiger partial charge in [-0.15, -0.1) is 10.2 Å². The van der Waals surface area contributed by atoms with Crippen LogP contribution in [-0.4, -0.2) is 32.3 Å². The molecule has 1 saturated carbocycles. The molecule has 4 aromatic rings. The Bertz CT molecular complexity index is 1340. The highest BCUT2D eigenvalue weighted by atomic mass is 32.2. The molecule has 0 spiro atoms. The van der Waals surface area contributed by atoms with E-state index < -0.39 is 0 Å². The van der Waals surface area contributed by atoms with Gasteiger partial charge in [-0.3, -0.25) is 9.59 Å². The molecule has 1 aliphatic carbocycles. The molecule has 1 heterocycles. The Morgan fingerprint density at radius 2 is 1.53 bits per heavy atom. The predicted molar refractivity (Wildman–Crippen MR) is 141 cm³/mol. The number of anilines is 1. The molecule has 36 heavy (non-hydrogen) atoms. The van der Waals surface area contributed by atoms with E-state index >= 15 is 0 Å². The highest BCUT2D eigenvalue weighted by Crippen LogP contribution is 2.40. The minimum Gasteiger partial charge on any atom is -0.348 e. The number of nitrogens with one attached hydrogen (secondary N) is 2. The predicted octanol–water partition coefficient (Wildman–Crippen LogP) is 4.86. The summed E-state index contributed by atoms with van der Waals surface area (Å²) in [6.45, 7) is 1.09. The molecular weight excluding hydrogens is 470 g/mol. The van der Waals surface area contributed by atoms with E-state index in [4.69, 9.17) is 0 Å². The van der Waals surface area contributed by atoms with Gasteiger partial charge in [-0.1, -0.05) is 84.6 Å². The first kappa shape index (κ1) is 23.8. The average Bonchev–Trinajstić information content (AvgIpc) is 3.68. The summed E-state index contributed by atoms with van der Waals surface area (Å²) < 4.78 is 2.12. The van der Waals surface area contributed by atoms with Gasteiger partial charge in [0.25, 0.3) is 5.91 Å². The third-order valence-electron chi connectivity index (χ3n) is 5.95. The lowest BCUT2D eigenvalue weighted by Gasteiger charge is -2.12. The van der Waals surface area contributed by atoms with Crippen LogP contribution in [0.5, 0.6) is 0 Å². The summed E-state index contributed by atoms with van der Waals surface area (Å²) in [5.41, 5.74) is 3.09. The summed E-state index contributed by atoms with van der Waals surface area (Å²) in [6.07, 6.45) is 2.25. The van der Waals surface area contributed by atoms with E-state index in [0.717, 1.165) is 29.4 Å². The molecule has 2 amide bonds. The van der Waals surface area contributed by atoms with Gasteiger partial charge in [-0.2, -0.15) is 0 Å². The van der Waals surface area contributed by atoms with Crippen LogP contribution in [0.25, 0.3) is 0 Å². The fourth-order valence-electron chi connectivity index (χ4n) is 3.94. The number of nitrogens with zero attached hydrogens (tertiary/aromatic N) is 3. The van der Waals surface area contributed by atoms with E-state index in [1.54, 1.807) is 24.3 Å². The number of para-hydroxylation sites is 1. The van der Waals surface area contributed by atoms with Gasteiger partial charge in [0.15, 0.2) is 5.16 Å². The maximum absolute atomic E-state index is 12.8. The standard InChI is InChI=1S/C28H27N5O2S/c34-25(30-24-14-8-7-13-23(24)27(35)29-17-20-9-3-1-4-10-20)19-36-28-32-31-26(22-15-16-22)33(28)18-21-11-5-2-6-12-21/h1-14,22H,15-19H2,(H,29,35)(H,30,34). The summed E-state index contributed by atoms with van der Waals surface area (Å²) in [7, 11) is 0. The van der Waals surface area contributed by atoms with Crippen molar-refractivity contribution in [1.29, 1.82) is 0 Å². The van der Waals surface area contributed by atoms with Crippen LogP contribution in [0.2, 0.25) is 0 Å². The second kappa shape index (κ2) is 11.2.